The highest BCUT2D eigenvalue weighted by atomic mass is 19.1. The number of aromatic nitrogens is 6. The number of carbonyl (C=O) groups is 12. The number of nitrogens with two attached hydrogens (primary N) is 2. The Bertz CT molecular complexity index is 4070. The third-order valence-electron chi connectivity index (χ3n) is 17.6. The summed E-state index contributed by atoms with van der Waals surface area (Å²) in [5, 5.41) is 77.0. The molecular formula is C74H98FN17O17. The molecule has 4 aromatic carbocycles. The van der Waals surface area contributed by atoms with E-state index in [0.717, 1.165) is 73.1 Å². The molecule has 0 aliphatic heterocycles. The third-order valence-corrected chi connectivity index (χ3v) is 17.6. The number of aryl methyl sites for hydroxylation is 5. The van der Waals surface area contributed by atoms with Crippen LogP contribution >= 0.6 is 0 Å². The molecule has 6 aromatic rings. The van der Waals surface area contributed by atoms with Crippen LogP contribution in [0.3, 0.4) is 0 Å². The number of imidazole rings is 1. The number of nitrogens with zero attached hydrogens (tertiary/aromatic N) is 4. The fraction of sp³-hybridized carbons (Fsp3) is 0.459. The minimum atomic E-state index is -2.39. The van der Waals surface area contributed by atoms with Crippen LogP contribution in [-0.4, -0.2) is 208 Å². The molecule has 10 atom stereocenters. The van der Waals surface area contributed by atoms with Crippen LogP contribution in [0.25, 0.3) is 11.1 Å². The minimum absolute atomic E-state index is 0.0245. The maximum atomic E-state index is 15.5. The van der Waals surface area contributed by atoms with Crippen LogP contribution in [0.1, 0.15) is 124 Å². The molecule has 0 spiro atoms. The number of aliphatic carboxylic acids is 1. The fourth-order valence-electron chi connectivity index (χ4n) is 11.8. The second-order valence-corrected chi connectivity index (χ2v) is 26.8. The number of aromatic amines is 2. The maximum Gasteiger partial charge on any atom is 0.305 e. The van der Waals surface area contributed by atoms with Crippen molar-refractivity contribution >= 4 is 70.8 Å². The van der Waals surface area contributed by atoms with Gasteiger partial charge in [-0.05, 0) is 138 Å². The van der Waals surface area contributed by atoms with Crippen molar-refractivity contribution in [3.8, 4) is 16.9 Å². The van der Waals surface area contributed by atoms with Crippen LogP contribution in [0.5, 0.6) is 5.75 Å². The summed E-state index contributed by atoms with van der Waals surface area (Å²) >= 11 is 0. The Labute approximate surface area is 628 Å². The average Bonchev–Trinajstić information content (AvgIpc) is 1.48. The maximum absolute atomic E-state index is 15.5. The van der Waals surface area contributed by atoms with Gasteiger partial charge in [0.25, 0.3) is 0 Å². The number of tetrazole rings is 1. The predicted molar refractivity (Wildman–Crippen MR) is 392 cm³/mol. The number of benzene rings is 4. The molecular weight excluding hydrogens is 1420 g/mol. The van der Waals surface area contributed by atoms with Gasteiger partial charge in [-0.15, -0.1) is 10.2 Å². The summed E-state index contributed by atoms with van der Waals surface area (Å²) in [7, 11) is 0. The van der Waals surface area contributed by atoms with Crippen LogP contribution < -0.4 is 64.1 Å². The van der Waals surface area contributed by atoms with Gasteiger partial charge in [0.1, 0.15) is 65.2 Å². The highest BCUT2D eigenvalue weighted by Gasteiger charge is 2.43. The number of hydrogen-bond donors (Lipinski definition) is 17. The van der Waals surface area contributed by atoms with Crippen LogP contribution in [0.2, 0.25) is 0 Å². The van der Waals surface area contributed by atoms with Gasteiger partial charge in [-0.1, -0.05) is 90.0 Å². The third kappa shape index (κ3) is 28.0. The van der Waals surface area contributed by atoms with E-state index in [4.69, 9.17) is 16.2 Å². The number of primary amides is 1. The van der Waals surface area contributed by atoms with E-state index in [-0.39, 0.29) is 55.7 Å². The zero-order valence-electron chi connectivity index (χ0n) is 61.6. The number of carboxylic acids is 1. The number of rotatable bonds is 46. The lowest BCUT2D eigenvalue weighted by atomic mass is 9.90. The number of ether oxygens (including phenoxy) is 1. The van der Waals surface area contributed by atoms with Gasteiger partial charge >= 0.3 is 5.97 Å². The van der Waals surface area contributed by atoms with Gasteiger partial charge < -0.3 is 89.5 Å². The summed E-state index contributed by atoms with van der Waals surface area (Å²) < 4.78 is 21.4. The molecule has 0 aliphatic rings. The van der Waals surface area contributed by atoms with E-state index in [0.29, 0.717) is 55.8 Å². The molecule has 0 saturated heterocycles. The van der Waals surface area contributed by atoms with Gasteiger partial charge in [0.15, 0.2) is 5.82 Å². The smallest absolute Gasteiger partial charge is 0.305 e. The van der Waals surface area contributed by atoms with E-state index in [2.05, 4.69) is 78.4 Å². The SMILES string of the molecule is CCc1cc(OCCCCN)ccc1-c1ccc(C[C@H](NC(=O)[C@H](CC(=O)O)NC(=O)[C@H](CO)NC(=O)[C@@H](NC(=O)[C@](C)(Cc2ccccc2F)NC(=O)[C@@H](NC(=O)CNC(=O)[C@H](Cc2nn[nH]n2)NC(=O)CCC(=O)CCc2cnc[nH]2)[C@@H](C)O)[C@@H](C)O)C(=O)N[C@@H](CCCc2cc(C)cc(C)c2)C(N)=O)cc1. The van der Waals surface area contributed by atoms with Crippen molar-refractivity contribution in [1.82, 2.24) is 78.4 Å². The topological polar surface area (TPSA) is 538 Å². The summed E-state index contributed by atoms with van der Waals surface area (Å²) in [4.78, 5) is 171. The van der Waals surface area contributed by atoms with Crippen LogP contribution in [-0.2, 0) is 96.1 Å². The Balaban J connectivity index is 1.16. The Morgan fingerprint density at radius 1 is 0.661 bits per heavy atom. The number of aliphatic hydroxyl groups excluding tert-OH is 3. The zero-order chi connectivity index (χ0) is 79.9. The summed E-state index contributed by atoms with van der Waals surface area (Å²) in [6, 6.07) is 11.2. The summed E-state index contributed by atoms with van der Waals surface area (Å²) in [5.41, 5.74) is 15.8. The first-order valence-corrected chi connectivity index (χ1v) is 35.6. The normalized spacial score (nSPS) is 14.2. The van der Waals surface area contributed by atoms with Crippen molar-refractivity contribution in [3.63, 3.8) is 0 Å². The first-order chi connectivity index (χ1) is 51.9. The van der Waals surface area contributed by atoms with Crippen molar-refractivity contribution in [2.45, 2.75) is 191 Å². The number of unbranched alkanes of at least 4 members (excludes halogenated alkanes) is 1. The number of Topliss-reactive ketones (excluding diaryl/α,β-unsaturated/α-hetero) is 1. The predicted octanol–water partition coefficient (Wildman–Crippen LogP) is -0.843. The van der Waals surface area contributed by atoms with Crippen LogP contribution in [0.4, 0.5) is 4.39 Å². The lowest BCUT2D eigenvalue weighted by Gasteiger charge is -2.34. The quantitative estimate of drug-likeness (QED) is 0.0207. The van der Waals surface area contributed by atoms with Crippen LogP contribution in [0.15, 0.2) is 97.5 Å². The Morgan fingerprint density at radius 2 is 1.31 bits per heavy atom. The highest BCUT2D eigenvalue weighted by molar-refractivity contribution is 6.00. The number of hydrogen-bond acceptors (Lipinski definition) is 21. The Morgan fingerprint density at radius 3 is 1.94 bits per heavy atom. The molecule has 588 valence electrons. The summed E-state index contributed by atoms with van der Waals surface area (Å²) in [6.07, 6.45) is 0.0896. The van der Waals surface area contributed by atoms with E-state index in [1.807, 2.05) is 57.2 Å². The molecule has 34 nitrogen and oxygen atoms in total. The van der Waals surface area contributed by atoms with Gasteiger partial charge in [0, 0.05) is 50.4 Å². The summed E-state index contributed by atoms with van der Waals surface area (Å²) in [6.45, 7) is 7.93. The molecule has 0 unspecified atom stereocenters. The second kappa shape index (κ2) is 42.8. The highest BCUT2D eigenvalue weighted by Crippen LogP contribution is 2.29. The van der Waals surface area contributed by atoms with Crippen molar-refractivity contribution in [3.05, 3.63) is 148 Å². The number of nitrogens with one attached hydrogen (secondary N) is 11. The lowest BCUT2D eigenvalue weighted by Crippen LogP contribution is -2.67. The largest absolute Gasteiger partial charge is 0.494 e. The number of halogens is 1. The van der Waals surface area contributed by atoms with Crippen molar-refractivity contribution in [1.29, 1.82) is 0 Å². The number of H-pyrrole nitrogens is 2. The van der Waals surface area contributed by atoms with Gasteiger partial charge in [-0.2, -0.15) is 5.21 Å². The van der Waals surface area contributed by atoms with E-state index in [1.54, 1.807) is 30.5 Å². The molecule has 0 bridgehead atoms. The van der Waals surface area contributed by atoms with E-state index in [1.165, 1.54) is 24.5 Å². The lowest BCUT2D eigenvalue weighted by molar-refractivity contribution is -0.142. The van der Waals surface area contributed by atoms with Crippen LogP contribution in [0, 0.1) is 19.7 Å². The molecule has 35 heteroatoms. The van der Waals surface area contributed by atoms with Gasteiger partial charge in [0.05, 0.1) is 44.7 Å². The molecule has 0 aliphatic carbocycles. The molecule has 0 radical (unpaired) electrons. The molecule has 2 heterocycles. The standard InChI is InChI=1S/C74H98FN17O17/c1-7-47-33-52(109-28-11-10-27-76)24-25-53(47)48-19-17-45(18-20-48)32-56(68(103)82-55(66(77)101)16-12-13-46-30-41(2)29-42(3)31-46)83-69(104)58(35-63(99)100)84-70(105)59(39-93)85-71(106)64(43(4)94)87-73(108)74(6,36-49-14-8-9-15-54(49)75)88-72(107)65(44(5)95)86-62(98)38-79-67(102)57(34-60-89-91-92-90-60)81-61(97)26-23-51(96)22-21-50-37-78-40-80-50/h8-9,14-15,17-20,24-25,29-31,33,37,40,43-44,55-59,64-65,93-95H,7,10-13,16,21-23,26-28,32,34-36,38-39,76H2,1-6H3,(H2,77,101)(H,78,80)(H,79,102)(H,81,97)(H,82,103)(H,83,104)(H,84,105)(H,85,106)(H,86,98)(H,87,108)(H,88,107)(H,99,100)(H,89,90,91,92)/t43-,44-,55+,56+,57+,58+,59+,64+,65+,74+/m1/s1. The molecule has 19 N–H and O–H groups in total. The van der Waals surface area contributed by atoms with Gasteiger partial charge in [-0.3, -0.25) is 57.5 Å². The number of amides is 10. The first kappa shape index (κ1) is 86.5. The van der Waals surface area contributed by atoms with E-state index < -0.39 is 157 Å². The van der Waals surface area contributed by atoms with Gasteiger partial charge in [0.2, 0.25) is 59.1 Å². The monoisotopic (exact) mass is 1520 g/mol. The number of carboxylic acid groups (broad SMARTS) is 1. The van der Waals surface area contributed by atoms with Crippen molar-refractivity contribution < 1.29 is 87.1 Å². The van der Waals surface area contributed by atoms with Crippen molar-refractivity contribution in [2.24, 2.45) is 11.5 Å². The number of carbonyl (C=O) groups excluding carboxylic acids is 11. The minimum Gasteiger partial charge on any atom is -0.494 e. The van der Waals surface area contributed by atoms with Gasteiger partial charge in [-0.25, -0.2) is 9.37 Å². The molecule has 0 saturated carbocycles. The molecule has 10 amide bonds. The molecule has 109 heavy (non-hydrogen) atoms. The zero-order valence-corrected chi connectivity index (χ0v) is 61.6. The molecule has 0 fully saturated rings. The number of aliphatic hydroxyl groups is 3. The fourth-order valence-corrected chi connectivity index (χ4v) is 11.8. The van der Waals surface area contributed by atoms with Crippen molar-refractivity contribution in [2.75, 3.05) is 26.3 Å². The average molecular weight is 1520 g/mol. The Kier molecular flexibility index (Phi) is 34.0. The van der Waals surface area contributed by atoms with E-state index >= 15 is 4.39 Å². The first-order valence-electron chi connectivity index (χ1n) is 35.6. The second-order valence-electron chi connectivity index (χ2n) is 26.8. The molecule has 6 rings (SSSR count). The summed E-state index contributed by atoms with van der Waals surface area (Å²) in [5.74, 6) is -13.4. The Hall–Kier alpha value is -11.4. The number of ketones is 1. The van der Waals surface area contributed by atoms with E-state index in [9.17, 15) is 78.0 Å². The molecule has 2 aromatic heterocycles.